The number of carboxylic acid groups (broad SMARTS) is 1. The summed E-state index contributed by atoms with van der Waals surface area (Å²) in [5.41, 5.74) is 4.66. The average Bonchev–Trinajstić information content (AvgIpc) is 2.38. The van der Waals surface area contributed by atoms with E-state index in [4.69, 9.17) is 5.73 Å². The number of carboxylic acids is 1. The van der Waals surface area contributed by atoms with Crippen LogP contribution in [-0.2, 0) is 9.59 Å². The molecule has 1 aliphatic rings. The van der Waals surface area contributed by atoms with E-state index in [2.05, 4.69) is 0 Å². The summed E-state index contributed by atoms with van der Waals surface area (Å²) in [6, 6.07) is 0. The summed E-state index contributed by atoms with van der Waals surface area (Å²) in [6.07, 6.45) is 4.15. The molecular formula is C13H24N2O3. The fourth-order valence-electron chi connectivity index (χ4n) is 2.54. The van der Waals surface area contributed by atoms with Gasteiger partial charge in [-0.15, -0.1) is 0 Å². The van der Waals surface area contributed by atoms with Gasteiger partial charge >= 0.3 is 5.97 Å². The van der Waals surface area contributed by atoms with E-state index in [0.717, 1.165) is 19.3 Å². The first-order valence-corrected chi connectivity index (χ1v) is 6.77. The Morgan fingerprint density at radius 2 is 2.11 bits per heavy atom. The fraction of sp³-hybridized carbons (Fsp3) is 0.846. The maximum absolute atomic E-state index is 12.0. The maximum atomic E-state index is 12.0. The lowest BCUT2D eigenvalue weighted by Gasteiger charge is -2.39. The topological polar surface area (TPSA) is 83.6 Å². The molecule has 5 heteroatoms. The average molecular weight is 256 g/mol. The van der Waals surface area contributed by atoms with Gasteiger partial charge in [-0.3, -0.25) is 9.59 Å². The number of nitrogens with two attached hydrogens (primary N) is 1. The van der Waals surface area contributed by atoms with Crippen molar-refractivity contribution in [2.75, 3.05) is 19.6 Å². The first-order chi connectivity index (χ1) is 8.55. The molecule has 18 heavy (non-hydrogen) atoms. The summed E-state index contributed by atoms with van der Waals surface area (Å²) in [5, 5.41) is 9.35. The SMILES string of the molecule is CCC1(C(=O)O)CCCN(C(=O)CCCCN)C1. The highest BCUT2D eigenvalue weighted by Gasteiger charge is 2.41. The molecule has 0 aromatic heterocycles. The number of piperidine rings is 1. The Labute approximate surface area is 108 Å². The zero-order valence-electron chi connectivity index (χ0n) is 11.2. The van der Waals surface area contributed by atoms with Crippen LogP contribution in [0.1, 0.15) is 45.4 Å². The predicted molar refractivity (Wildman–Crippen MR) is 69.1 cm³/mol. The van der Waals surface area contributed by atoms with Crippen molar-refractivity contribution in [3.05, 3.63) is 0 Å². The number of rotatable bonds is 6. The molecule has 3 N–H and O–H groups in total. The Kier molecular flexibility index (Phi) is 5.59. The summed E-state index contributed by atoms with van der Waals surface area (Å²) < 4.78 is 0. The molecule has 1 saturated heterocycles. The van der Waals surface area contributed by atoms with Crippen LogP contribution in [0.5, 0.6) is 0 Å². The van der Waals surface area contributed by atoms with Crippen LogP contribution in [0.15, 0.2) is 0 Å². The van der Waals surface area contributed by atoms with Gasteiger partial charge in [-0.05, 0) is 38.6 Å². The highest BCUT2D eigenvalue weighted by molar-refractivity contribution is 5.79. The Hall–Kier alpha value is -1.10. The number of nitrogens with zero attached hydrogens (tertiary/aromatic N) is 1. The first-order valence-electron chi connectivity index (χ1n) is 6.77. The van der Waals surface area contributed by atoms with Crippen molar-refractivity contribution in [2.45, 2.75) is 45.4 Å². The van der Waals surface area contributed by atoms with Crippen molar-refractivity contribution in [3.8, 4) is 0 Å². The third kappa shape index (κ3) is 3.45. The molecule has 1 aliphatic heterocycles. The molecule has 104 valence electrons. The van der Waals surface area contributed by atoms with Crippen molar-refractivity contribution in [1.82, 2.24) is 4.90 Å². The van der Waals surface area contributed by atoms with Crippen molar-refractivity contribution in [3.63, 3.8) is 0 Å². The minimum Gasteiger partial charge on any atom is -0.481 e. The zero-order valence-corrected chi connectivity index (χ0v) is 11.2. The number of carbonyl (C=O) groups excluding carboxylic acids is 1. The van der Waals surface area contributed by atoms with Gasteiger partial charge in [-0.1, -0.05) is 6.92 Å². The van der Waals surface area contributed by atoms with E-state index in [1.807, 2.05) is 6.92 Å². The van der Waals surface area contributed by atoms with Crippen LogP contribution in [0.25, 0.3) is 0 Å². The standard InChI is InChI=1S/C13H24N2O3/c1-2-13(12(17)18)7-5-9-15(10-13)11(16)6-3-4-8-14/h2-10,14H2,1H3,(H,17,18). The quantitative estimate of drug-likeness (QED) is 0.700. The van der Waals surface area contributed by atoms with Crippen molar-refractivity contribution in [1.29, 1.82) is 0 Å². The highest BCUT2D eigenvalue weighted by Crippen LogP contribution is 2.33. The Balaban J connectivity index is 2.57. The number of likely N-dealkylation sites (tertiary alicyclic amines) is 1. The number of hydrogen-bond donors (Lipinski definition) is 2. The molecule has 0 aliphatic carbocycles. The van der Waals surface area contributed by atoms with Crippen LogP contribution >= 0.6 is 0 Å². The second-order valence-corrected chi connectivity index (χ2v) is 5.10. The van der Waals surface area contributed by atoms with Gasteiger partial charge in [0.25, 0.3) is 0 Å². The van der Waals surface area contributed by atoms with E-state index in [0.29, 0.717) is 38.9 Å². The number of amides is 1. The van der Waals surface area contributed by atoms with E-state index in [-0.39, 0.29) is 5.91 Å². The van der Waals surface area contributed by atoms with Gasteiger partial charge in [0, 0.05) is 19.5 Å². The lowest BCUT2D eigenvalue weighted by Crippen LogP contribution is -2.49. The van der Waals surface area contributed by atoms with Gasteiger partial charge in [0.15, 0.2) is 0 Å². The summed E-state index contributed by atoms with van der Waals surface area (Å²) in [5.74, 6) is -0.702. The van der Waals surface area contributed by atoms with Crippen LogP contribution in [0, 0.1) is 5.41 Å². The number of hydrogen-bond acceptors (Lipinski definition) is 3. The second kappa shape index (κ2) is 6.73. The van der Waals surface area contributed by atoms with Crippen LogP contribution in [-0.4, -0.2) is 41.5 Å². The van der Waals surface area contributed by atoms with E-state index in [1.54, 1.807) is 4.90 Å². The molecule has 1 heterocycles. The van der Waals surface area contributed by atoms with Crippen LogP contribution in [0.2, 0.25) is 0 Å². The van der Waals surface area contributed by atoms with Gasteiger partial charge in [-0.2, -0.15) is 0 Å². The predicted octanol–water partition coefficient (Wildman–Crippen LogP) is 1.22. The molecule has 0 aromatic rings. The van der Waals surface area contributed by atoms with Gasteiger partial charge in [0.2, 0.25) is 5.91 Å². The maximum Gasteiger partial charge on any atom is 0.311 e. The van der Waals surface area contributed by atoms with Gasteiger partial charge in [0.1, 0.15) is 0 Å². The van der Waals surface area contributed by atoms with E-state index >= 15 is 0 Å². The molecular weight excluding hydrogens is 232 g/mol. The van der Waals surface area contributed by atoms with E-state index < -0.39 is 11.4 Å². The molecule has 0 aromatic carbocycles. The van der Waals surface area contributed by atoms with Gasteiger partial charge in [0.05, 0.1) is 5.41 Å². The molecule has 5 nitrogen and oxygen atoms in total. The van der Waals surface area contributed by atoms with Crippen LogP contribution in [0.3, 0.4) is 0 Å². The molecule has 0 radical (unpaired) electrons. The zero-order chi connectivity index (χ0) is 13.6. The molecule has 0 bridgehead atoms. The molecule has 1 fully saturated rings. The van der Waals surface area contributed by atoms with Gasteiger partial charge < -0.3 is 15.7 Å². The fourth-order valence-corrected chi connectivity index (χ4v) is 2.54. The molecule has 1 amide bonds. The van der Waals surface area contributed by atoms with Crippen LogP contribution < -0.4 is 5.73 Å². The highest BCUT2D eigenvalue weighted by atomic mass is 16.4. The first kappa shape index (κ1) is 15.0. The summed E-state index contributed by atoms with van der Waals surface area (Å²) in [6.45, 7) is 3.54. The Bertz CT molecular complexity index is 307. The molecule has 1 atom stereocenters. The molecule has 1 rings (SSSR count). The summed E-state index contributed by atoms with van der Waals surface area (Å²) in [7, 11) is 0. The van der Waals surface area contributed by atoms with E-state index in [9.17, 15) is 14.7 Å². The minimum absolute atomic E-state index is 0.0715. The van der Waals surface area contributed by atoms with Crippen molar-refractivity contribution >= 4 is 11.9 Å². The number of aliphatic carboxylic acids is 1. The van der Waals surface area contributed by atoms with Crippen LogP contribution in [0.4, 0.5) is 0 Å². The molecule has 1 unspecified atom stereocenters. The molecule has 0 saturated carbocycles. The van der Waals surface area contributed by atoms with Crippen molar-refractivity contribution in [2.24, 2.45) is 11.1 Å². The number of carbonyl (C=O) groups is 2. The lowest BCUT2D eigenvalue weighted by molar-refractivity contribution is -0.155. The Morgan fingerprint density at radius 3 is 2.67 bits per heavy atom. The summed E-state index contributed by atoms with van der Waals surface area (Å²) in [4.78, 5) is 25.1. The minimum atomic E-state index is -0.774. The smallest absolute Gasteiger partial charge is 0.311 e. The van der Waals surface area contributed by atoms with Crippen molar-refractivity contribution < 1.29 is 14.7 Å². The number of unbranched alkanes of at least 4 members (excludes halogenated alkanes) is 1. The van der Waals surface area contributed by atoms with E-state index in [1.165, 1.54) is 0 Å². The largest absolute Gasteiger partial charge is 0.481 e. The normalized spacial score (nSPS) is 24.0. The third-order valence-corrected chi connectivity index (χ3v) is 3.90. The summed E-state index contributed by atoms with van der Waals surface area (Å²) >= 11 is 0. The Morgan fingerprint density at radius 1 is 1.39 bits per heavy atom. The third-order valence-electron chi connectivity index (χ3n) is 3.90. The molecule has 0 spiro atoms. The second-order valence-electron chi connectivity index (χ2n) is 5.10. The monoisotopic (exact) mass is 256 g/mol. The lowest BCUT2D eigenvalue weighted by atomic mass is 9.77. The van der Waals surface area contributed by atoms with Gasteiger partial charge in [-0.25, -0.2) is 0 Å².